The number of hydrogen-bond donors (Lipinski definition) is 2. The molecule has 2 nitrogen and oxygen atoms in total. The molecule has 2 N–H and O–H groups in total. The first-order chi connectivity index (χ1) is 10.2. The van der Waals surface area contributed by atoms with Crippen LogP contribution in [0.1, 0.15) is 36.8 Å². The van der Waals surface area contributed by atoms with Gasteiger partial charge in [-0.2, -0.15) is 0 Å². The van der Waals surface area contributed by atoms with Crippen molar-refractivity contribution in [1.29, 1.82) is 0 Å². The van der Waals surface area contributed by atoms with E-state index in [2.05, 4.69) is 72.9 Å². The molecule has 21 heavy (non-hydrogen) atoms. The average molecular weight is 281 g/mol. The van der Waals surface area contributed by atoms with Crippen molar-refractivity contribution in [3.8, 4) is 0 Å². The quantitative estimate of drug-likeness (QED) is 0.881. The van der Waals surface area contributed by atoms with E-state index in [1.165, 1.54) is 11.1 Å². The van der Waals surface area contributed by atoms with Crippen LogP contribution in [0.2, 0.25) is 0 Å². The molecular formula is C19H23NO. The minimum absolute atomic E-state index is 0.110. The second kappa shape index (κ2) is 6.42. The minimum atomic E-state index is -0.110. The summed E-state index contributed by atoms with van der Waals surface area (Å²) in [5.41, 5.74) is 2.67. The molecule has 0 heterocycles. The highest BCUT2D eigenvalue weighted by Crippen LogP contribution is 2.30. The van der Waals surface area contributed by atoms with E-state index < -0.39 is 0 Å². The van der Waals surface area contributed by atoms with Crippen LogP contribution in [0.4, 0.5) is 0 Å². The summed E-state index contributed by atoms with van der Waals surface area (Å²) in [4.78, 5) is 0. The highest BCUT2D eigenvalue weighted by atomic mass is 16.3. The van der Waals surface area contributed by atoms with Crippen molar-refractivity contribution >= 4 is 0 Å². The lowest BCUT2D eigenvalue weighted by atomic mass is 9.83. The molecule has 2 aromatic rings. The van der Waals surface area contributed by atoms with Gasteiger partial charge >= 0.3 is 0 Å². The second-order valence-electron chi connectivity index (χ2n) is 6.08. The number of hydrogen-bond acceptors (Lipinski definition) is 2. The minimum Gasteiger partial charge on any atom is -0.393 e. The van der Waals surface area contributed by atoms with E-state index in [-0.39, 0.29) is 6.10 Å². The van der Waals surface area contributed by atoms with E-state index in [1.807, 2.05) is 0 Å². The number of rotatable bonds is 5. The van der Waals surface area contributed by atoms with Crippen molar-refractivity contribution in [3.63, 3.8) is 0 Å². The predicted octanol–water partition coefficient (Wildman–Crippen LogP) is 3.32. The van der Waals surface area contributed by atoms with Crippen LogP contribution in [0.3, 0.4) is 0 Å². The maximum Gasteiger partial charge on any atom is 0.0570 e. The Hall–Kier alpha value is -1.64. The van der Waals surface area contributed by atoms with Gasteiger partial charge in [-0.25, -0.2) is 0 Å². The van der Waals surface area contributed by atoms with Crippen LogP contribution < -0.4 is 5.32 Å². The lowest BCUT2D eigenvalue weighted by Crippen LogP contribution is -2.49. The van der Waals surface area contributed by atoms with Gasteiger partial charge in [0.15, 0.2) is 0 Å². The van der Waals surface area contributed by atoms with Crippen LogP contribution >= 0.6 is 0 Å². The molecule has 1 fully saturated rings. The second-order valence-corrected chi connectivity index (χ2v) is 6.08. The summed E-state index contributed by atoms with van der Waals surface area (Å²) in [5.74, 6) is 0.338. The molecule has 1 aliphatic rings. The summed E-state index contributed by atoms with van der Waals surface area (Å²) in [6.45, 7) is 2.25. The third-order valence-electron chi connectivity index (χ3n) is 4.43. The van der Waals surface area contributed by atoms with Gasteiger partial charge in [0.25, 0.3) is 0 Å². The third kappa shape index (κ3) is 3.34. The van der Waals surface area contributed by atoms with Crippen LogP contribution in [-0.4, -0.2) is 23.3 Å². The maximum atomic E-state index is 9.46. The molecule has 0 bridgehead atoms. The third-order valence-corrected chi connectivity index (χ3v) is 4.43. The molecule has 0 radical (unpaired) electrons. The van der Waals surface area contributed by atoms with Gasteiger partial charge in [-0.15, -0.1) is 0 Å². The fraction of sp³-hybridized carbons (Fsp3) is 0.368. The topological polar surface area (TPSA) is 32.3 Å². The van der Waals surface area contributed by atoms with Crippen molar-refractivity contribution < 1.29 is 5.11 Å². The van der Waals surface area contributed by atoms with Crippen molar-refractivity contribution in [1.82, 2.24) is 5.32 Å². The van der Waals surface area contributed by atoms with Gasteiger partial charge in [0.05, 0.1) is 6.10 Å². The Labute approximate surface area is 126 Å². The Morgan fingerprint density at radius 3 is 1.81 bits per heavy atom. The standard InChI is InChI=1S/C19H23NO/c1-14(20-17-12-18(21)13-17)19(15-8-4-2-5-9-15)16-10-6-3-7-11-16/h2-11,14,17-21H,12-13H2,1H3. The molecule has 0 aliphatic heterocycles. The van der Waals surface area contributed by atoms with Crippen molar-refractivity contribution in [2.45, 2.75) is 43.9 Å². The van der Waals surface area contributed by atoms with Crippen molar-refractivity contribution in [2.24, 2.45) is 0 Å². The van der Waals surface area contributed by atoms with Crippen LogP contribution in [0.15, 0.2) is 60.7 Å². The maximum absolute atomic E-state index is 9.46. The smallest absolute Gasteiger partial charge is 0.0570 e. The zero-order valence-electron chi connectivity index (χ0n) is 12.4. The van der Waals surface area contributed by atoms with Gasteiger partial charge in [-0.05, 0) is 30.9 Å². The van der Waals surface area contributed by atoms with E-state index in [1.54, 1.807) is 0 Å². The number of aliphatic hydroxyl groups is 1. The number of benzene rings is 2. The van der Waals surface area contributed by atoms with Gasteiger partial charge < -0.3 is 10.4 Å². The zero-order chi connectivity index (χ0) is 14.7. The Balaban J connectivity index is 1.82. The average Bonchev–Trinajstić information content (AvgIpc) is 2.48. The summed E-state index contributed by atoms with van der Waals surface area (Å²) in [6, 6.07) is 22.1. The van der Waals surface area contributed by atoms with Crippen LogP contribution in [-0.2, 0) is 0 Å². The van der Waals surface area contributed by atoms with Gasteiger partial charge in [0.2, 0.25) is 0 Å². The van der Waals surface area contributed by atoms with E-state index >= 15 is 0 Å². The van der Waals surface area contributed by atoms with E-state index in [0.717, 1.165) is 12.8 Å². The first kappa shape index (κ1) is 14.3. The molecule has 1 aliphatic carbocycles. The van der Waals surface area contributed by atoms with Gasteiger partial charge in [0, 0.05) is 18.0 Å². The van der Waals surface area contributed by atoms with Crippen molar-refractivity contribution in [3.05, 3.63) is 71.8 Å². The number of nitrogens with one attached hydrogen (secondary N) is 1. The highest BCUT2D eigenvalue weighted by molar-refractivity contribution is 5.34. The molecular weight excluding hydrogens is 258 g/mol. The van der Waals surface area contributed by atoms with Gasteiger partial charge in [0.1, 0.15) is 0 Å². The lowest BCUT2D eigenvalue weighted by molar-refractivity contribution is 0.0578. The summed E-state index contributed by atoms with van der Waals surface area (Å²) in [6.07, 6.45) is 1.64. The van der Waals surface area contributed by atoms with E-state index in [0.29, 0.717) is 18.0 Å². The fourth-order valence-corrected chi connectivity index (χ4v) is 3.28. The van der Waals surface area contributed by atoms with Gasteiger partial charge in [-0.3, -0.25) is 0 Å². The molecule has 110 valence electrons. The molecule has 2 aromatic carbocycles. The molecule has 1 atom stereocenters. The molecule has 3 rings (SSSR count). The van der Waals surface area contributed by atoms with E-state index in [9.17, 15) is 5.11 Å². The molecule has 0 spiro atoms. The zero-order valence-corrected chi connectivity index (χ0v) is 12.4. The first-order valence-corrected chi connectivity index (χ1v) is 7.78. The molecule has 0 amide bonds. The Bertz CT molecular complexity index is 509. The predicted molar refractivity (Wildman–Crippen MR) is 86.4 cm³/mol. The van der Waals surface area contributed by atoms with Crippen LogP contribution in [0, 0.1) is 0 Å². The molecule has 1 unspecified atom stereocenters. The van der Waals surface area contributed by atoms with Crippen LogP contribution in [0.25, 0.3) is 0 Å². The highest BCUT2D eigenvalue weighted by Gasteiger charge is 2.30. The number of aliphatic hydroxyl groups excluding tert-OH is 1. The Morgan fingerprint density at radius 1 is 0.905 bits per heavy atom. The summed E-state index contributed by atoms with van der Waals surface area (Å²) in [5, 5.41) is 13.1. The Morgan fingerprint density at radius 2 is 1.38 bits per heavy atom. The van der Waals surface area contributed by atoms with Crippen LogP contribution in [0.5, 0.6) is 0 Å². The molecule has 2 heteroatoms. The summed E-state index contributed by atoms with van der Waals surface area (Å²) >= 11 is 0. The van der Waals surface area contributed by atoms with Gasteiger partial charge in [-0.1, -0.05) is 60.7 Å². The Kier molecular flexibility index (Phi) is 4.37. The molecule has 0 saturated heterocycles. The summed E-state index contributed by atoms with van der Waals surface area (Å²) < 4.78 is 0. The fourth-order valence-electron chi connectivity index (χ4n) is 3.28. The van der Waals surface area contributed by atoms with Crippen molar-refractivity contribution in [2.75, 3.05) is 0 Å². The van der Waals surface area contributed by atoms with E-state index in [4.69, 9.17) is 0 Å². The first-order valence-electron chi connectivity index (χ1n) is 7.78. The normalized spacial score (nSPS) is 22.8. The molecule has 0 aromatic heterocycles. The lowest BCUT2D eigenvalue weighted by Gasteiger charge is -2.37. The monoisotopic (exact) mass is 281 g/mol. The SMILES string of the molecule is CC(NC1CC(O)C1)C(c1ccccc1)c1ccccc1. The molecule has 1 saturated carbocycles. The largest absolute Gasteiger partial charge is 0.393 e. The summed E-state index contributed by atoms with van der Waals surface area (Å²) in [7, 11) is 0.